The molecule has 2 aromatic rings. The molecule has 3 nitrogen and oxygen atoms in total. The van der Waals surface area contributed by atoms with Crippen molar-refractivity contribution >= 4 is 21.7 Å². The molecule has 14 heavy (non-hydrogen) atoms. The van der Waals surface area contributed by atoms with Crippen LogP contribution in [-0.2, 0) is 0 Å². The molecule has 1 aromatic carbocycles. The van der Waals surface area contributed by atoms with Gasteiger partial charge in [0.2, 0.25) is 0 Å². The molecular formula is C10H10BrN3. The van der Waals surface area contributed by atoms with Gasteiger partial charge in [0.15, 0.2) is 0 Å². The maximum absolute atomic E-state index is 5.75. The molecule has 0 spiro atoms. The monoisotopic (exact) mass is 251 g/mol. The second kappa shape index (κ2) is 3.46. The second-order valence-electron chi connectivity index (χ2n) is 3.16. The van der Waals surface area contributed by atoms with E-state index in [1.165, 1.54) is 5.56 Å². The van der Waals surface area contributed by atoms with Gasteiger partial charge in [0, 0.05) is 10.0 Å². The lowest BCUT2D eigenvalue weighted by atomic mass is 10.0. The summed E-state index contributed by atoms with van der Waals surface area (Å²) in [5, 5.41) is 6.62. The molecule has 0 aliphatic heterocycles. The molecule has 0 bridgehead atoms. The number of nitrogen functional groups attached to an aromatic ring is 1. The highest BCUT2D eigenvalue weighted by molar-refractivity contribution is 9.10. The average Bonchev–Trinajstić information content (AvgIpc) is 2.52. The van der Waals surface area contributed by atoms with E-state index in [9.17, 15) is 0 Å². The summed E-state index contributed by atoms with van der Waals surface area (Å²) in [5.74, 6) is 0.607. The summed E-state index contributed by atoms with van der Waals surface area (Å²) < 4.78 is 1.07. The number of aryl methyl sites for hydroxylation is 1. The molecule has 72 valence electrons. The van der Waals surface area contributed by atoms with Crippen molar-refractivity contribution in [3.05, 3.63) is 34.4 Å². The number of rotatable bonds is 1. The Balaban J connectivity index is 2.58. The molecule has 4 heteroatoms. The van der Waals surface area contributed by atoms with Gasteiger partial charge in [-0.15, -0.1) is 0 Å². The third-order valence-electron chi connectivity index (χ3n) is 2.15. The lowest BCUT2D eigenvalue weighted by Crippen LogP contribution is -1.89. The van der Waals surface area contributed by atoms with Gasteiger partial charge in [0.1, 0.15) is 5.82 Å². The smallest absolute Gasteiger partial charge is 0.126 e. The number of hydrogen-bond acceptors (Lipinski definition) is 2. The fourth-order valence-electron chi connectivity index (χ4n) is 1.44. The van der Waals surface area contributed by atoms with Gasteiger partial charge in [-0.2, -0.15) is 5.10 Å². The van der Waals surface area contributed by atoms with E-state index in [2.05, 4.69) is 32.2 Å². The topological polar surface area (TPSA) is 54.7 Å². The molecule has 0 unspecified atom stereocenters. The molecule has 0 fully saturated rings. The van der Waals surface area contributed by atoms with Crippen molar-refractivity contribution in [2.45, 2.75) is 6.92 Å². The van der Waals surface area contributed by atoms with Gasteiger partial charge in [-0.3, -0.25) is 5.10 Å². The van der Waals surface area contributed by atoms with Crippen LogP contribution in [0.3, 0.4) is 0 Å². The van der Waals surface area contributed by atoms with Gasteiger partial charge in [0.05, 0.1) is 6.20 Å². The highest BCUT2D eigenvalue weighted by Gasteiger charge is 2.07. The van der Waals surface area contributed by atoms with Crippen LogP contribution in [-0.4, -0.2) is 10.2 Å². The molecule has 0 radical (unpaired) electrons. The summed E-state index contributed by atoms with van der Waals surface area (Å²) in [4.78, 5) is 0. The molecular weight excluding hydrogens is 242 g/mol. The van der Waals surface area contributed by atoms with Gasteiger partial charge in [-0.1, -0.05) is 22.0 Å². The Kier molecular flexibility index (Phi) is 2.29. The Bertz CT molecular complexity index is 462. The number of H-pyrrole nitrogens is 1. The first-order valence-electron chi connectivity index (χ1n) is 4.24. The van der Waals surface area contributed by atoms with Crippen LogP contribution in [0.5, 0.6) is 0 Å². The lowest BCUT2D eigenvalue weighted by molar-refractivity contribution is 1.10. The first kappa shape index (κ1) is 9.27. The van der Waals surface area contributed by atoms with Crippen LogP contribution < -0.4 is 5.73 Å². The van der Waals surface area contributed by atoms with Crippen LogP contribution in [0.1, 0.15) is 5.56 Å². The highest BCUT2D eigenvalue weighted by Crippen LogP contribution is 2.28. The van der Waals surface area contributed by atoms with Gasteiger partial charge >= 0.3 is 0 Å². The molecule has 0 amide bonds. The average molecular weight is 252 g/mol. The van der Waals surface area contributed by atoms with Gasteiger partial charge < -0.3 is 5.73 Å². The van der Waals surface area contributed by atoms with E-state index in [1.54, 1.807) is 6.20 Å². The van der Waals surface area contributed by atoms with Crippen molar-refractivity contribution in [2.24, 2.45) is 0 Å². The van der Waals surface area contributed by atoms with Crippen molar-refractivity contribution < 1.29 is 0 Å². The summed E-state index contributed by atoms with van der Waals surface area (Å²) in [6, 6.07) is 6.08. The summed E-state index contributed by atoms with van der Waals surface area (Å²) in [6.45, 7) is 2.05. The van der Waals surface area contributed by atoms with Gasteiger partial charge in [-0.25, -0.2) is 0 Å². The van der Waals surface area contributed by atoms with Gasteiger partial charge in [-0.05, 0) is 30.2 Å². The molecule has 0 saturated carbocycles. The second-order valence-corrected chi connectivity index (χ2v) is 4.07. The van der Waals surface area contributed by atoms with E-state index >= 15 is 0 Å². The number of nitrogens with one attached hydrogen (secondary N) is 1. The standard InChI is InChI=1S/C10H10BrN3/c1-6-4-7(11)2-3-8(6)9-5-13-14-10(9)12/h2-5H,1H3,(H3,12,13,14). The Morgan fingerprint density at radius 3 is 2.71 bits per heavy atom. The van der Waals surface area contributed by atoms with E-state index in [-0.39, 0.29) is 0 Å². The normalized spacial score (nSPS) is 10.4. The molecule has 1 aromatic heterocycles. The summed E-state index contributed by atoms with van der Waals surface area (Å²) in [7, 11) is 0. The molecule has 0 saturated heterocycles. The van der Waals surface area contributed by atoms with E-state index in [1.807, 2.05) is 19.1 Å². The molecule has 3 N–H and O–H groups in total. The van der Waals surface area contributed by atoms with Crippen LogP contribution in [0, 0.1) is 6.92 Å². The SMILES string of the molecule is Cc1cc(Br)ccc1-c1cn[nH]c1N. The molecule has 0 aliphatic carbocycles. The summed E-state index contributed by atoms with van der Waals surface area (Å²) in [5.41, 5.74) is 8.99. The zero-order valence-corrected chi connectivity index (χ0v) is 9.30. The zero-order valence-electron chi connectivity index (χ0n) is 7.71. The zero-order chi connectivity index (χ0) is 10.1. The van der Waals surface area contributed by atoms with Gasteiger partial charge in [0.25, 0.3) is 0 Å². The number of nitrogens with two attached hydrogens (primary N) is 1. The minimum atomic E-state index is 0.607. The quantitative estimate of drug-likeness (QED) is 0.819. The van der Waals surface area contributed by atoms with Crippen molar-refractivity contribution in [1.82, 2.24) is 10.2 Å². The minimum absolute atomic E-state index is 0.607. The van der Waals surface area contributed by atoms with E-state index in [0.717, 1.165) is 15.6 Å². The minimum Gasteiger partial charge on any atom is -0.384 e. The third kappa shape index (κ3) is 1.53. The predicted octanol–water partition coefficient (Wildman–Crippen LogP) is 2.73. The molecule has 2 rings (SSSR count). The fourth-order valence-corrected chi connectivity index (χ4v) is 1.92. The molecule has 0 aliphatic rings. The summed E-state index contributed by atoms with van der Waals surface area (Å²) >= 11 is 3.42. The number of aromatic nitrogens is 2. The first-order chi connectivity index (χ1) is 6.68. The van der Waals surface area contributed by atoms with Crippen LogP contribution in [0.25, 0.3) is 11.1 Å². The number of halogens is 1. The van der Waals surface area contributed by atoms with Crippen molar-refractivity contribution in [3.63, 3.8) is 0 Å². The molecule has 0 atom stereocenters. The van der Waals surface area contributed by atoms with Crippen LogP contribution in [0.2, 0.25) is 0 Å². The highest BCUT2D eigenvalue weighted by atomic mass is 79.9. The number of anilines is 1. The first-order valence-corrected chi connectivity index (χ1v) is 5.03. The van der Waals surface area contributed by atoms with Crippen LogP contribution >= 0.6 is 15.9 Å². The van der Waals surface area contributed by atoms with E-state index < -0.39 is 0 Å². The van der Waals surface area contributed by atoms with Crippen molar-refractivity contribution in [3.8, 4) is 11.1 Å². The van der Waals surface area contributed by atoms with E-state index in [4.69, 9.17) is 5.73 Å². The largest absolute Gasteiger partial charge is 0.384 e. The third-order valence-corrected chi connectivity index (χ3v) is 2.64. The predicted molar refractivity (Wildman–Crippen MR) is 60.9 cm³/mol. The van der Waals surface area contributed by atoms with Crippen molar-refractivity contribution in [2.75, 3.05) is 5.73 Å². The van der Waals surface area contributed by atoms with Crippen LogP contribution in [0.15, 0.2) is 28.9 Å². The lowest BCUT2D eigenvalue weighted by Gasteiger charge is -2.04. The number of aromatic amines is 1. The number of hydrogen-bond donors (Lipinski definition) is 2. The van der Waals surface area contributed by atoms with Crippen molar-refractivity contribution in [1.29, 1.82) is 0 Å². The Labute approximate surface area is 90.5 Å². The Morgan fingerprint density at radius 1 is 1.36 bits per heavy atom. The summed E-state index contributed by atoms with van der Waals surface area (Å²) in [6.07, 6.45) is 1.74. The Hall–Kier alpha value is -1.29. The maximum Gasteiger partial charge on any atom is 0.126 e. The number of benzene rings is 1. The fraction of sp³-hybridized carbons (Fsp3) is 0.100. The number of nitrogens with zero attached hydrogens (tertiary/aromatic N) is 1. The maximum atomic E-state index is 5.75. The Morgan fingerprint density at radius 2 is 2.14 bits per heavy atom. The van der Waals surface area contributed by atoms with Crippen LogP contribution in [0.4, 0.5) is 5.82 Å². The van der Waals surface area contributed by atoms with E-state index in [0.29, 0.717) is 5.82 Å². The molecule has 1 heterocycles.